The number of aliphatic carboxylic acids is 1. The Labute approximate surface area is 134 Å². The lowest BCUT2D eigenvalue weighted by molar-refractivity contribution is -0.141. The molecular weight excluding hydrogens is 294 g/mol. The first kappa shape index (κ1) is 15.3. The zero-order chi connectivity index (χ0) is 16.6. The summed E-state index contributed by atoms with van der Waals surface area (Å²) in [5.41, 5.74) is 3.78. The van der Waals surface area contributed by atoms with E-state index in [-0.39, 0.29) is 18.9 Å². The number of carbonyl (C=O) groups excluding carboxylic acids is 1. The Morgan fingerprint density at radius 2 is 2.00 bits per heavy atom. The Hall–Kier alpha value is -2.63. The predicted octanol–water partition coefficient (Wildman–Crippen LogP) is 1.92. The fourth-order valence-electron chi connectivity index (χ4n) is 3.01. The van der Waals surface area contributed by atoms with Crippen LogP contribution in [-0.4, -0.2) is 38.2 Å². The summed E-state index contributed by atoms with van der Waals surface area (Å²) in [5, 5.41) is 13.6. The number of carbonyl (C=O) groups is 2. The van der Waals surface area contributed by atoms with Crippen LogP contribution in [0.2, 0.25) is 0 Å². The minimum Gasteiger partial charge on any atom is -0.481 e. The average molecular weight is 313 g/mol. The van der Waals surface area contributed by atoms with E-state index in [1.807, 2.05) is 48.9 Å². The third-order valence-corrected chi connectivity index (χ3v) is 4.35. The molecule has 2 heterocycles. The van der Waals surface area contributed by atoms with Crippen molar-refractivity contribution in [1.29, 1.82) is 0 Å². The van der Waals surface area contributed by atoms with Crippen LogP contribution in [0, 0.1) is 19.8 Å². The number of nitrogens with zero attached hydrogens (tertiary/aromatic N) is 3. The van der Waals surface area contributed by atoms with Crippen molar-refractivity contribution < 1.29 is 14.7 Å². The molecule has 2 aromatic rings. The molecule has 1 N–H and O–H groups in total. The van der Waals surface area contributed by atoms with Crippen molar-refractivity contribution >= 4 is 11.9 Å². The molecule has 1 aliphatic heterocycles. The normalized spacial score (nSPS) is 17.7. The number of aryl methyl sites for hydroxylation is 1. The third kappa shape index (κ3) is 2.84. The summed E-state index contributed by atoms with van der Waals surface area (Å²) in [7, 11) is 0. The van der Waals surface area contributed by atoms with Gasteiger partial charge in [0.2, 0.25) is 5.91 Å². The largest absolute Gasteiger partial charge is 0.481 e. The summed E-state index contributed by atoms with van der Waals surface area (Å²) in [6.07, 6.45) is 0.0836. The van der Waals surface area contributed by atoms with Crippen LogP contribution in [0.3, 0.4) is 0 Å². The van der Waals surface area contributed by atoms with E-state index in [0.29, 0.717) is 6.54 Å². The molecule has 1 atom stereocenters. The standard InChI is InChI=1S/C17H19N3O3/c1-11-15(10-19-9-13(17(22)23)8-16(19)21)12(2)20(18-11)14-6-4-3-5-7-14/h3-7,13H,8-10H2,1-2H3,(H,22,23)/t13-/m1/s1. The van der Waals surface area contributed by atoms with Crippen LogP contribution in [0.25, 0.3) is 5.69 Å². The summed E-state index contributed by atoms with van der Waals surface area (Å²) >= 11 is 0. The molecule has 0 radical (unpaired) electrons. The van der Waals surface area contributed by atoms with Crippen molar-refractivity contribution in [3.05, 3.63) is 47.3 Å². The van der Waals surface area contributed by atoms with Gasteiger partial charge in [-0.2, -0.15) is 5.10 Å². The lowest BCUT2D eigenvalue weighted by Gasteiger charge is -2.16. The molecule has 1 amide bonds. The molecule has 1 fully saturated rings. The van der Waals surface area contributed by atoms with Crippen molar-refractivity contribution in [3.63, 3.8) is 0 Å². The summed E-state index contributed by atoms with van der Waals surface area (Å²) in [4.78, 5) is 24.7. The summed E-state index contributed by atoms with van der Waals surface area (Å²) < 4.78 is 1.86. The number of hydrogen-bond donors (Lipinski definition) is 1. The minimum atomic E-state index is -0.908. The van der Waals surface area contributed by atoms with Gasteiger partial charge in [0.1, 0.15) is 0 Å². The van der Waals surface area contributed by atoms with Crippen LogP contribution < -0.4 is 0 Å². The molecule has 1 saturated heterocycles. The molecule has 6 heteroatoms. The first-order chi connectivity index (χ1) is 11.0. The van der Waals surface area contributed by atoms with Gasteiger partial charge in [0.25, 0.3) is 0 Å². The zero-order valence-electron chi connectivity index (χ0n) is 13.2. The van der Waals surface area contributed by atoms with E-state index in [4.69, 9.17) is 5.11 Å². The first-order valence-corrected chi connectivity index (χ1v) is 7.58. The molecular formula is C17H19N3O3. The van der Waals surface area contributed by atoms with Gasteiger partial charge in [-0.05, 0) is 26.0 Å². The minimum absolute atomic E-state index is 0.0836. The van der Waals surface area contributed by atoms with Gasteiger partial charge >= 0.3 is 5.97 Å². The van der Waals surface area contributed by atoms with Crippen LogP contribution in [0.1, 0.15) is 23.4 Å². The Kier molecular flexibility index (Phi) is 3.90. The fourth-order valence-corrected chi connectivity index (χ4v) is 3.01. The van der Waals surface area contributed by atoms with Crippen LogP contribution in [-0.2, 0) is 16.1 Å². The lowest BCUT2D eigenvalue weighted by atomic mass is 10.1. The van der Waals surface area contributed by atoms with E-state index in [9.17, 15) is 9.59 Å². The molecule has 0 saturated carbocycles. The summed E-state index contributed by atoms with van der Waals surface area (Å²) in [6.45, 7) is 4.56. The second-order valence-corrected chi connectivity index (χ2v) is 5.91. The van der Waals surface area contributed by atoms with Crippen LogP contribution >= 0.6 is 0 Å². The average Bonchev–Trinajstić information content (AvgIpc) is 3.03. The molecule has 0 aliphatic carbocycles. The molecule has 23 heavy (non-hydrogen) atoms. The summed E-state index contributed by atoms with van der Waals surface area (Å²) in [6, 6.07) is 9.81. The van der Waals surface area contributed by atoms with Crippen LogP contribution in [0.5, 0.6) is 0 Å². The molecule has 120 valence electrons. The maximum absolute atomic E-state index is 12.0. The number of aromatic nitrogens is 2. The van der Waals surface area contributed by atoms with Crippen molar-refractivity contribution in [2.24, 2.45) is 5.92 Å². The number of carboxylic acids is 1. The van der Waals surface area contributed by atoms with E-state index in [2.05, 4.69) is 5.10 Å². The fraction of sp³-hybridized carbons (Fsp3) is 0.353. The maximum atomic E-state index is 12.0. The smallest absolute Gasteiger partial charge is 0.308 e. The van der Waals surface area contributed by atoms with Crippen molar-refractivity contribution in [1.82, 2.24) is 14.7 Å². The highest BCUT2D eigenvalue weighted by Crippen LogP contribution is 2.24. The second kappa shape index (κ2) is 5.87. The topological polar surface area (TPSA) is 75.4 Å². The predicted molar refractivity (Wildman–Crippen MR) is 84.2 cm³/mol. The maximum Gasteiger partial charge on any atom is 0.308 e. The number of hydrogen-bond acceptors (Lipinski definition) is 3. The monoisotopic (exact) mass is 313 g/mol. The van der Waals surface area contributed by atoms with E-state index in [1.165, 1.54) is 0 Å². The number of para-hydroxylation sites is 1. The van der Waals surface area contributed by atoms with Gasteiger partial charge in [-0.3, -0.25) is 9.59 Å². The highest BCUT2D eigenvalue weighted by Gasteiger charge is 2.34. The van der Waals surface area contributed by atoms with Gasteiger partial charge in [0, 0.05) is 30.8 Å². The van der Waals surface area contributed by atoms with Gasteiger partial charge in [-0.1, -0.05) is 18.2 Å². The zero-order valence-corrected chi connectivity index (χ0v) is 13.2. The quantitative estimate of drug-likeness (QED) is 0.935. The Bertz CT molecular complexity index is 752. The number of benzene rings is 1. The Morgan fingerprint density at radius 3 is 2.61 bits per heavy atom. The van der Waals surface area contributed by atoms with Crippen LogP contribution in [0.15, 0.2) is 30.3 Å². The van der Waals surface area contributed by atoms with Gasteiger partial charge in [0.05, 0.1) is 17.3 Å². The highest BCUT2D eigenvalue weighted by molar-refractivity contribution is 5.86. The van der Waals surface area contributed by atoms with Crippen molar-refractivity contribution in [3.8, 4) is 5.69 Å². The van der Waals surface area contributed by atoms with Gasteiger partial charge in [-0.15, -0.1) is 0 Å². The molecule has 1 aromatic heterocycles. The van der Waals surface area contributed by atoms with E-state index >= 15 is 0 Å². The van der Waals surface area contributed by atoms with Gasteiger partial charge in [0.15, 0.2) is 0 Å². The van der Waals surface area contributed by atoms with Gasteiger partial charge < -0.3 is 10.0 Å². The molecule has 1 aliphatic rings. The first-order valence-electron chi connectivity index (χ1n) is 7.58. The Morgan fingerprint density at radius 1 is 1.30 bits per heavy atom. The van der Waals surface area contributed by atoms with E-state index in [0.717, 1.165) is 22.6 Å². The van der Waals surface area contributed by atoms with Gasteiger partial charge in [-0.25, -0.2) is 4.68 Å². The lowest BCUT2D eigenvalue weighted by Crippen LogP contribution is -2.26. The van der Waals surface area contributed by atoms with Crippen LogP contribution in [0.4, 0.5) is 0 Å². The molecule has 3 rings (SSSR count). The SMILES string of the molecule is Cc1nn(-c2ccccc2)c(C)c1CN1C[C@H](C(=O)O)CC1=O. The Balaban J connectivity index is 1.86. The number of likely N-dealkylation sites (tertiary alicyclic amines) is 1. The second-order valence-electron chi connectivity index (χ2n) is 5.91. The molecule has 0 bridgehead atoms. The van der Waals surface area contributed by atoms with Crippen molar-refractivity contribution in [2.45, 2.75) is 26.8 Å². The highest BCUT2D eigenvalue weighted by atomic mass is 16.4. The van der Waals surface area contributed by atoms with Crippen molar-refractivity contribution in [2.75, 3.05) is 6.54 Å². The summed E-state index contributed by atoms with van der Waals surface area (Å²) in [5.74, 6) is -1.62. The molecule has 0 unspecified atom stereocenters. The molecule has 1 aromatic carbocycles. The molecule has 6 nitrogen and oxygen atoms in total. The molecule has 0 spiro atoms. The number of carboxylic acid groups (broad SMARTS) is 1. The van der Waals surface area contributed by atoms with E-state index in [1.54, 1.807) is 4.90 Å². The third-order valence-electron chi connectivity index (χ3n) is 4.35. The van der Waals surface area contributed by atoms with E-state index < -0.39 is 11.9 Å². The number of amides is 1. The number of rotatable bonds is 4.